The van der Waals surface area contributed by atoms with Crippen molar-refractivity contribution in [1.29, 1.82) is 0 Å². The van der Waals surface area contributed by atoms with Crippen molar-refractivity contribution in [3.05, 3.63) is 340 Å². The summed E-state index contributed by atoms with van der Waals surface area (Å²) in [7, 11) is 0. The van der Waals surface area contributed by atoms with Crippen LogP contribution >= 0.6 is 23.5 Å². The van der Waals surface area contributed by atoms with Crippen LogP contribution in [0.3, 0.4) is 0 Å². The SMILES string of the molecule is c1ccc(-c2ccc(N(c3ccc(-c4ccccc4)cc3)c3cc4c5c(c3)N(c3ccccc3-c3ccccc3)c3cc6c(cc3B5c3ccccc3S4)B3c4ccccc4N(c4ccccc4)c4cc(N(c5ccccc5)c5ccccc5)cc(c43)S6)cc2)cc1. The van der Waals surface area contributed by atoms with E-state index in [0.717, 1.165) is 45.5 Å². The largest absolute Gasteiger partial charge is 0.311 e. The third kappa shape index (κ3) is 9.12. The number of para-hydroxylation sites is 5. The minimum absolute atomic E-state index is 0.0645. The summed E-state index contributed by atoms with van der Waals surface area (Å²) in [5.74, 6) is 0. The fourth-order valence-electron chi connectivity index (χ4n) is 14.7. The van der Waals surface area contributed by atoms with Gasteiger partial charge in [0.25, 0.3) is 0 Å². The molecule has 4 heterocycles. The fourth-order valence-corrected chi connectivity index (χ4v) is 17.1. The summed E-state index contributed by atoms with van der Waals surface area (Å²) in [5.41, 5.74) is 28.5. The highest BCUT2D eigenvalue weighted by molar-refractivity contribution is 8.00. The molecule has 14 aromatic rings. The van der Waals surface area contributed by atoms with Crippen LogP contribution in [-0.2, 0) is 0 Å². The zero-order chi connectivity index (χ0) is 60.6. The Morgan fingerprint density at radius 2 is 0.641 bits per heavy atom. The van der Waals surface area contributed by atoms with Gasteiger partial charge in [-0.25, -0.2) is 0 Å². The first kappa shape index (κ1) is 54.1. The predicted octanol–water partition coefficient (Wildman–Crippen LogP) is 19.2. The van der Waals surface area contributed by atoms with Gasteiger partial charge in [-0.3, -0.25) is 0 Å². The van der Waals surface area contributed by atoms with E-state index in [1.165, 1.54) is 108 Å². The third-order valence-corrected chi connectivity index (χ3v) is 21.0. The van der Waals surface area contributed by atoms with Crippen LogP contribution in [0.2, 0.25) is 0 Å². The van der Waals surface area contributed by atoms with E-state index < -0.39 is 0 Å². The van der Waals surface area contributed by atoms with Gasteiger partial charge in [-0.2, -0.15) is 0 Å². The summed E-state index contributed by atoms with van der Waals surface area (Å²) in [4.78, 5) is 15.1. The van der Waals surface area contributed by atoms with Crippen LogP contribution in [-0.4, -0.2) is 13.4 Å². The molecule has 4 aliphatic rings. The molecule has 18 rings (SSSR count). The van der Waals surface area contributed by atoms with E-state index in [0.29, 0.717) is 0 Å². The lowest BCUT2D eigenvalue weighted by Crippen LogP contribution is -2.64. The van der Waals surface area contributed by atoms with Crippen molar-refractivity contribution < 1.29 is 0 Å². The van der Waals surface area contributed by atoms with E-state index in [2.05, 4.69) is 359 Å². The molecular weight excluding hydrogens is 1150 g/mol. The van der Waals surface area contributed by atoms with Crippen molar-refractivity contribution in [3.63, 3.8) is 0 Å². The van der Waals surface area contributed by atoms with Crippen LogP contribution in [0.25, 0.3) is 33.4 Å². The van der Waals surface area contributed by atoms with Crippen molar-refractivity contribution in [1.82, 2.24) is 0 Å². The molecule has 4 nitrogen and oxygen atoms in total. The van der Waals surface area contributed by atoms with Gasteiger partial charge >= 0.3 is 0 Å². The van der Waals surface area contributed by atoms with E-state index in [9.17, 15) is 0 Å². The van der Waals surface area contributed by atoms with Crippen molar-refractivity contribution in [2.24, 2.45) is 0 Å². The highest BCUT2D eigenvalue weighted by atomic mass is 32.2. The Morgan fingerprint density at radius 3 is 1.21 bits per heavy atom. The molecule has 0 amide bonds. The number of anilines is 12. The summed E-state index contributed by atoms with van der Waals surface area (Å²) in [6.45, 7) is -0.140. The minimum Gasteiger partial charge on any atom is -0.311 e. The molecule has 0 unspecified atom stereocenters. The molecule has 4 aliphatic heterocycles. The van der Waals surface area contributed by atoms with E-state index in [-0.39, 0.29) is 13.4 Å². The normalized spacial score (nSPS) is 12.8. The molecule has 0 aliphatic carbocycles. The van der Waals surface area contributed by atoms with Crippen molar-refractivity contribution in [2.75, 3.05) is 19.6 Å². The quantitative estimate of drug-likeness (QED) is 0.119. The van der Waals surface area contributed by atoms with Crippen LogP contribution < -0.4 is 52.4 Å². The second-order valence-electron chi connectivity index (χ2n) is 23.9. The number of rotatable bonds is 11. The first-order valence-electron chi connectivity index (χ1n) is 31.5. The molecule has 0 atom stereocenters. The van der Waals surface area contributed by atoms with Gasteiger partial charge in [0, 0.05) is 87.7 Å². The van der Waals surface area contributed by atoms with Gasteiger partial charge in [0.2, 0.25) is 13.4 Å². The summed E-state index contributed by atoms with van der Waals surface area (Å²) in [5, 5.41) is 0. The summed E-state index contributed by atoms with van der Waals surface area (Å²) in [6, 6.07) is 126. The van der Waals surface area contributed by atoms with Gasteiger partial charge in [0.05, 0.1) is 5.69 Å². The van der Waals surface area contributed by atoms with Gasteiger partial charge in [-0.05, 0) is 159 Å². The second kappa shape index (κ2) is 22.5. The molecular formula is C84H56B2N4S2. The average molecular weight is 1210 g/mol. The van der Waals surface area contributed by atoms with Crippen LogP contribution in [0.5, 0.6) is 0 Å². The monoisotopic (exact) mass is 1210 g/mol. The predicted molar refractivity (Wildman–Crippen MR) is 392 cm³/mol. The zero-order valence-corrected chi connectivity index (χ0v) is 51.7. The molecule has 0 radical (unpaired) electrons. The fraction of sp³-hybridized carbons (Fsp3) is 0. The summed E-state index contributed by atoms with van der Waals surface area (Å²) >= 11 is 3.82. The van der Waals surface area contributed by atoms with Gasteiger partial charge in [-0.1, -0.05) is 265 Å². The number of nitrogens with zero attached hydrogens (tertiary/aromatic N) is 4. The van der Waals surface area contributed by atoms with E-state index in [4.69, 9.17) is 0 Å². The zero-order valence-electron chi connectivity index (χ0n) is 50.1. The van der Waals surface area contributed by atoms with Crippen LogP contribution in [0.1, 0.15) is 0 Å². The Balaban J connectivity index is 0.891. The Labute approximate surface area is 546 Å². The molecule has 0 bridgehead atoms. The molecule has 0 spiro atoms. The molecule has 0 saturated carbocycles. The molecule has 0 aromatic heterocycles. The highest BCUT2D eigenvalue weighted by Crippen LogP contribution is 2.52. The van der Waals surface area contributed by atoms with Crippen LogP contribution in [0.4, 0.5) is 68.2 Å². The lowest BCUT2D eigenvalue weighted by molar-refractivity contribution is 1.22. The number of hydrogen-bond acceptors (Lipinski definition) is 6. The van der Waals surface area contributed by atoms with Crippen molar-refractivity contribution >= 4 is 138 Å². The third-order valence-electron chi connectivity index (χ3n) is 18.7. The smallest absolute Gasteiger partial charge is 0.249 e. The number of hydrogen-bond donors (Lipinski definition) is 0. The van der Waals surface area contributed by atoms with Crippen molar-refractivity contribution in [2.45, 2.75) is 19.6 Å². The topological polar surface area (TPSA) is 13.0 Å². The molecule has 0 fully saturated rings. The maximum absolute atomic E-state index is 2.64. The summed E-state index contributed by atoms with van der Waals surface area (Å²) in [6.07, 6.45) is 0. The molecule has 430 valence electrons. The van der Waals surface area contributed by atoms with Crippen LogP contribution in [0, 0.1) is 0 Å². The Bertz CT molecular complexity index is 5000. The maximum Gasteiger partial charge on any atom is 0.249 e. The Hall–Kier alpha value is -10.9. The standard InChI is InChI=1S/C84H56B2N4S2/c1-7-25-57(26-8-1)59-43-47-65(48-44-59)88(66-49-45-60(46-50-66)58-27-9-2-10-28-58)68-52-78-84-81(53-68)91-79-42-24-21-39-71(79)86(84)72-55-73-80(56-76(72)90(78)74-40-22-19-37-69(74)61-29-11-3-12-30-61)92-82-54-67(87(62-31-13-4-14-32-62)63-33-15-5-16-34-63)51-77-83(82)85(73)70-38-20-23-41-75(70)89(77)64-35-17-6-18-36-64/h1-56H. The van der Waals surface area contributed by atoms with Gasteiger partial charge in [-0.15, -0.1) is 0 Å². The molecule has 0 saturated heterocycles. The molecule has 14 aromatic carbocycles. The van der Waals surface area contributed by atoms with E-state index >= 15 is 0 Å². The van der Waals surface area contributed by atoms with E-state index in [1.54, 1.807) is 0 Å². The lowest BCUT2D eigenvalue weighted by Gasteiger charge is -2.44. The number of fused-ring (bicyclic) bond motifs is 8. The summed E-state index contributed by atoms with van der Waals surface area (Å²) < 4.78 is 0. The first-order valence-corrected chi connectivity index (χ1v) is 33.2. The van der Waals surface area contributed by atoms with Crippen molar-refractivity contribution in [3.8, 4) is 33.4 Å². The molecule has 92 heavy (non-hydrogen) atoms. The minimum atomic E-state index is -0.0751. The number of benzene rings is 14. The second-order valence-corrected chi connectivity index (χ2v) is 26.1. The van der Waals surface area contributed by atoms with Gasteiger partial charge in [0.15, 0.2) is 0 Å². The van der Waals surface area contributed by atoms with Gasteiger partial charge in [0.1, 0.15) is 0 Å². The Morgan fingerprint density at radius 1 is 0.228 bits per heavy atom. The van der Waals surface area contributed by atoms with Crippen LogP contribution in [0.15, 0.2) is 359 Å². The maximum atomic E-state index is 2.64. The molecule has 8 heteroatoms. The first-order chi connectivity index (χ1) is 45.6. The molecule has 0 N–H and O–H groups in total. The average Bonchev–Trinajstić information content (AvgIpc) is 0.713. The van der Waals surface area contributed by atoms with Gasteiger partial charge < -0.3 is 19.6 Å². The Kier molecular flexibility index (Phi) is 13.3. The lowest BCUT2D eigenvalue weighted by atomic mass is 9.31. The van der Waals surface area contributed by atoms with E-state index in [1.807, 2.05) is 23.5 Å². The highest BCUT2D eigenvalue weighted by Gasteiger charge is 2.47.